The van der Waals surface area contributed by atoms with Crippen LogP contribution < -0.4 is 10.6 Å². The van der Waals surface area contributed by atoms with Crippen molar-refractivity contribution in [2.24, 2.45) is 11.8 Å². The van der Waals surface area contributed by atoms with E-state index in [1.807, 2.05) is 0 Å². The normalized spacial score (nSPS) is 29.5. The molecule has 0 aliphatic heterocycles. The predicted octanol–water partition coefficient (Wildman–Crippen LogP) is 4.28. The number of carbonyl (C=O) groups is 1. The number of carboxylic acid groups (broad SMARTS) is 1. The number of nitrogens with one attached hydrogen (secondary N) is 2. The van der Waals surface area contributed by atoms with Gasteiger partial charge in [0, 0.05) is 18.1 Å². The molecule has 0 saturated heterocycles. The third-order valence-electron chi connectivity index (χ3n) is 5.52. The summed E-state index contributed by atoms with van der Waals surface area (Å²) < 4.78 is 0. The fourth-order valence-corrected chi connectivity index (χ4v) is 4.07. The maximum absolute atomic E-state index is 10.7. The Morgan fingerprint density at radius 3 is 2.36 bits per heavy atom. The minimum absolute atomic E-state index is 0.134. The second kappa shape index (κ2) is 8.05. The summed E-state index contributed by atoms with van der Waals surface area (Å²) in [5, 5.41) is 15.3. The van der Waals surface area contributed by atoms with Crippen LogP contribution in [0.15, 0.2) is 35.9 Å². The van der Waals surface area contributed by atoms with Gasteiger partial charge < -0.3 is 15.7 Å². The summed E-state index contributed by atoms with van der Waals surface area (Å²) in [6.07, 6.45) is 6.71. The van der Waals surface area contributed by atoms with E-state index >= 15 is 0 Å². The van der Waals surface area contributed by atoms with Crippen LogP contribution in [0.25, 0.3) is 6.08 Å². The SMILES string of the molecule is CC(C)C(=Cc1ccccc1)[C@@H]1C[C@H]1N[C@H]1CC[C@@H](NC(=O)O)CC1. The molecule has 1 aromatic carbocycles. The Hall–Kier alpha value is -1.81. The number of rotatable bonds is 6. The molecule has 25 heavy (non-hydrogen) atoms. The van der Waals surface area contributed by atoms with Crippen molar-refractivity contribution in [3.05, 3.63) is 41.5 Å². The lowest BCUT2D eigenvalue weighted by Gasteiger charge is -2.29. The molecule has 0 unspecified atom stereocenters. The van der Waals surface area contributed by atoms with Gasteiger partial charge in [-0.05, 0) is 49.5 Å². The largest absolute Gasteiger partial charge is 0.465 e. The van der Waals surface area contributed by atoms with E-state index in [1.165, 1.54) is 12.0 Å². The summed E-state index contributed by atoms with van der Waals surface area (Å²) in [5.41, 5.74) is 2.84. The zero-order valence-corrected chi connectivity index (χ0v) is 15.2. The smallest absolute Gasteiger partial charge is 0.404 e. The summed E-state index contributed by atoms with van der Waals surface area (Å²) in [5.74, 6) is 1.21. The van der Waals surface area contributed by atoms with Gasteiger partial charge in [0.15, 0.2) is 0 Å². The lowest BCUT2D eigenvalue weighted by Crippen LogP contribution is -2.42. The van der Waals surface area contributed by atoms with Crippen molar-refractivity contribution in [1.82, 2.24) is 10.6 Å². The highest BCUT2D eigenvalue weighted by Crippen LogP contribution is 2.42. The van der Waals surface area contributed by atoms with E-state index in [0.29, 0.717) is 23.9 Å². The fraction of sp³-hybridized carbons (Fsp3) is 0.571. The third-order valence-corrected chi connectivity index (χ3v) is 5.52. The second-order valence-corrected chi connectivity index (χ2v) is 7.82. The van der Waals surface area contributed by atoms with Crippen LogP contribution in [0.1, 0.15) is 51.5 Å². The average Bonchev–Trinajstić information content (AvgIpc) is 3.33. The minimum atomic E-state index is -0.897. The highest BCUT2D eigenvalue weighted by molar-refractivity contribution is 5.64. The second-order valence-electron chi connectivity index (χ2n) is 7.82. The van der Waals surface area contributed by atoms with Gasteiger partial charge in [-0.2, -0.15) is 0 Å². The van der Waals surface area contributed by atoms with E-state index in [4.69, 9.17) is 5.11 Å². The molecule has 4 nitrogen and oxygen atoms in total. The van der Waals surface area contributed by atoms with E-state index in [0.717, 1.165) is 25.7 Å². The Bertz CT molecular complexity index is 604. The standard InChI is InChI=1S/C21H30N2O2/c1-14(2)18(12-15-6-4-3-5-7-15)19-13-20(19)22-16-8-10-17(11-9-16)23-21(24)25/h3-7,12,14,16-17,19-20,22-23H,8-11,13H2,1-2H3,(H,24,25)/t16-,17+,19-,20+/m0/s1. The van der Waals surface area contributed by atoms with Gasteiger partial charge in [-0.25, -0.2) is 4.79 Å². The summed E-state index contributed by atoms with van der Waals surface area (Å²) in [6, 6.07) is 11.8. The van der Waals surface area contributed by atoms with E-state index in [9.17, 15) is 4.79 Å². The van der Waals surface area contributed by atoms with E-state index in [2.05, 4.69) is 60.9 Å². The summed E-state index contributed by atoms with van der Waals surface area (Å²) in [6.45, 7) is 4.57. The highest BCUT2D eigenvalue weighted by atomic mass is 16.4. The molecule has 2 aliphatic rings. The molecule has 3 rings (SSSR count). The number of hydrogen-bond acceptors (Lipinski definition) is 2. The van der Waals surface area contributed by atoms with E-state index in [-0.39, 0.29) is 6.04 Å². The maximum Gasteiger partial charge on any atom is 0.404 e. The quantitative estimate of drug-likeness (QED) is 0.723. The van der Waals surface area contributed by atoms with E-state index < -0.39 is 6.09 Å². The molecule has 0 spiro atoms. The van der Waals surface area contributed by atoms with Gasteiger partial charge in [-0.3, -0.25) is 0 Å². The summed E-state index contributed by atoms with van der Waals surface area (Å²) >= 11 is 0. The molecule has 4 heteroatoms. The van der Waals surface area contributed by atoms with Crippen molar-refractivity contribution < 1.29 is 9.90 Å². The molecule has 3 N–H and O–H groups in total. The van der Waals surface area contributed by atoms with Crippen LogP contribution in [0.2, 0.25) is 0 Å². The zero-order chi connectivity index (χ0) is 17.8. The van der Waals surface area contributed by atoms with Gasteiger partial charge in [-0.15, -0.1) is 0 Å². The maximum atomic E-state index is 10.7. The first-order chi connectivity index (χ1) is 12.0. The van der Waals surface area contributed by atoms with Crippen LogP contribution >= 0.6 is 0 Å². The molecule has 0 radical (unpaired) electrons. The molecule has 0 bridgehead atoms. The lowest BCUT2D eigenvalue weighted by atomic mass is 9.91. The van der Waals surface area contributed by atoms with Gasteiger partial charge in [0.2, 0.25) is 0 Å². The molecule has 136 valence electrons. The topological polar surface area (TPSA) is 61.4 Å². The number of amides is 1. The molecule has 1 amide bonds. The van der Waals surface area contributed by atoms with Crippen LogP contribution in [0.5, 0.6) is 0 Å². The van der Waals surface area contributed by atoms with Gasteiger partial charge in [0.05, 0.1) is 0 Å². The third kappa shape index (κ3) is 5.08. The Morgan fingerprint density at radius 1 is 1.12 bits per heavy atom. The molecular formula is C21H30N2O2. The Morgan fingerprint density at radius 2 is 1.76 bits per heavy atom. The van der Waals surface area contributed by atoms with Crippen molar-refractivity contribution in [2.45, 2.75) is 64.1 Å². The molecule has 2 saturated carbocycles. The van der Waals surface area contributed by atoms with Crippen molar-refractivity contribution in [3.8, 4) is 0 Å². The van der Waals surface area contributed by atoms with Crippen LogP contribution in [0.3, 0.4) is 0 Å². The summed E-state index contributed by atoms with van der Waals surface area (Å²) in [4.78, 5) is 10.7. The Labute approximate surface area is 150 Å². The van der Waals surface area contributed by atoms with Crippen LogP contribution in [0, 0.1) is 11.8 Å². The lowest BCUT2D eigenvalue weighted by molar-refractivity contribution is 0.183. The van der Waals surface area contributed by atoms with Crippen molar-refractivity contribution >= 4 is 12.2 Å². The first kappa shape index (κ1) is 18.0. The van der Waals surface area contributed by atoms with Crippen molar-refractivity contribution in [1.29, 1.82) is 0 Å². The molecule has 2 fully saturated rings. The molecule has 1 aromatic rings. The molecular weight excluding hydrogens is 312 g/mol. The molecule has 0 aromatic heterocycles. The first-order valence-corrected chi connectivity index (χ1v) is 9.55. The Balaban J connectivity index is 1.52. The monoisotopic (exact) mass is 342 g/mol. The predicted molar refractivity (Wildman–Crippen MR) is 101 cm³/mol. The van der Waals surface area contributed by atoms with Gasteiger partial charge in [0.1, 0.15) is 0 Å². The molecule has 2 aliphatic carbocycles. The number of benzene rings is 1. The van der Waals surface area contributed by atoms with Crippen LogP contribution in [0.4, 0.5) is 4.79 Å². The highest BCUT2D eigenvalue weighted by Gasteiger charge is 2.41. The van der Waals surface area contributed by atoms with Gasteiger partial charge in [0.25, 0.3) is 0 Å². The summed E-state index contributed by atoms with van der Waals surface area (Å²) in [7, 11) is 0. The van der Waals surface area contributed by atoms with Gasteiger partial charge >= 0.3 is 6.09 Å². The molecule has 2 atom stereocenters. The van der Waals surface area contributed by atoms with Crippen LogP contribution in [-0.4, -0.2) is 29.3 Å². The average molecular weight is 342 g/mol. The number of hydrogen-bond donors (Lipinski definition) is 3. The van der Waals surface area contributed by atoms with Crippen molar-refractivity contribution in [3.63, 3.8) is 0 Å². The Kier molecular flexibility index (Phi) is 5.79. The first-order valence-electron chi connectivity index (χ1n) is 9.55. The van der Waals surface area contributed by atoms with E-state index in [1.54, 1.807) is 5.57 Å². The zero-order valence-electron chi connectivity index (χ0n) is 15.2. The van der Waals surface area contributed by atoms with Crippen molar-refractivity contribution in [2.75, 3.05) is 0 Å². The fourth-order valence-electron chi connectivity index (χ4n) is 4.07. The minimum Gasteiger partial charge on any atom is -0.465 e. The molecule has 0 heterocycles. The van der Waals surface area contributed by atoms with Gasteiger partial charge in [-0.1, -0.05) is 55.8 Å². The van der Waals surface area contributed by atoms with Crippen LogP contribution in [-0.2, 0) is 0 Å².